The second-order valence-corrected chi connectivity index (χ2v) is 11.7. The minimum Gasteiger partial charge on any atom is -0.268 e. The fourth-order valence-electron chi connectivity index (χ4n) is 5.56. The molecule has 0 aromatic heterocycles. The molecule has 2 aliphatic heterocycles. The third-order valence-electron chi connectivity index (χ3n) is 7.45. The molecule has 1 amide bonds. The molecule has 4 aromatic rings. The minimum atomic E-state index is -4.01. The van der Waals surface area contributed by atoms with E-state index < -0.39 is 16.2 Å². The fourth-order valence-corrected chi connectivity index (χ4v) is 7.26. The number of benzene rings is 4. The maximum absolute atomic E-state index is 14.6. The van der Waals surface area contributed by atoms with E-state index in [-0.39, 0.29) is 17.3 Å². The smallest absolute Gasteiger partial charge is 0.268 e. The van der Waals surface area contributed by atoms with Crippen molar-refractivity contribution in [1.82, 2.24) is 10.0 Å². The lowest BCUT2D eigenvalue weighted by Gasteiger charge is -2.45. The molecule has 6 rings (SSSR count). The maximum Gasteiger partial charge on any atom is 0.268 e. The molecule has 0 spiro atoms. The molecule has 0 fully saturated rings. The summed E-state index contributed by atoms with van der Waals surface area (Å²) in [5.41, 5.74) is 5.78. The Morgan fingerprint density at radius 1 is 0.789 bits per heavy atom. The Morgan fingerprint density at radius 2 is 1.47 bits per heavy atom. The predicted octanol–water partition coefficient (Wildman–Crippen LogP) is 5.63. The van der Waals surface area contributed by atoms with Crippen molar-refractivity contribution in [1.29, 1.82) is 0 Å². The monoisotopic (exact) mass is 523 g/mol. The van der Waals surface area contributed by atoms with Crippen molar-refractivity contribution in [3.8, 4) is 0 Å². The number of fused-ring (bicyclic) bond motifs is 4. The van der Waals surface area contributed by atoms with Gasteiger partial charge in [0.1, 0.15) is 6.17 Å². The zero-order valence-corrected chi connectivity index (χ0v) is 22.2. The van der Waals surface area contributed by atoms with Crippen LogP contribution in [-0.4, -0.2) is 30.9 Å². The highest BCUT2D eigenvalue weighted by Crippen LogP contribution is 2.45. The number of sulfonamides is 1. The lowest BCUT2D eigenvalue weighted by molar-refractivity contribution is -0.0435. The summed E-state index contributed by atoms with van der Waals surface area (Å²) in [5, 5.41) is 3.68. The van der Waals surface area contributed by atoms with Gasteiger partial charge in [-0.2, -0.15) is 5.01 Å². The number of anilines is 1. The number of para-hydroxylation sites is 1. The zero-order valence-electron chi connectivity index (χ0n) is 21.4. The molecule has 0 radical (unpaired) electrons. The average molecular weight is 524 g/mol. The SMILES string of the molecule is Cc1ccc(S(=O)(=O)N2c3c(C)cccc3CN(C(=O)c3ccccc3)N3CCc4ccccc4C32)cc1. The van der Waals surface area contributed by atoms with E-state index in [1.165, 1.54) is 0 Å². The molecule has 2 aliphatic rings. The van der Waals surface area contributed by atoms with Crippen molar-refractivity contribution in [3.63, 3.8) is 0 Å². The summed E-state index contributed by atoms with van der Waals surface area (Å²) in [6.45, 7) is 4.65. The maximum atomic E-state index is 14.6. The summed E-state index contributed by atoms with van der Waals surface area (Å²) < 4.78 is 30.7. The molecule has 1 unspecified atom stereocenters. The van der Waals surface area contributed by atoms with Crippen molar-refractivity contribution in [3.05, 3.63) is 130 Å². The minimum absolute atomic E-state index is 0.156. The molecular weight excluding hydrogens is 494 g/mol. The lowest BCUT2D eigenvalue weighted by atomic mass is 9.97. The van der Waals surface area contributed by atoms with Crippen LogP contribution in [0.25, 0.3) is 0 Å². The van der Waals surface area contributed by atoms with Gasteiger partial charge < -0.3 is 0 Å². The first-order valence-electron chi connectivity index (χ1n) is 12.8. The third kappa shape index (κ3) is 3.99. The Labute approximate surface area is 223 Å². The van der Waals surface area contributed by atoms with Crippen molar-refractivity contribution < 1.29 is 13.2 Å². The van der Waals surface area contributed by atoms with E-state index in [0.717, 1.165) is 27.8 Å². The Morgan fingerprint density at radius 3 is 2.24 bits per heavy atom. The Balaban J connectivity index is 1.62. The molecule has 6 nitrogen and oxygen atoms in total. The van der Waals surface area contributed by atoms with Crippen LogP contribution in [0.5, 0.6) is 0 Å². The number of hydrogen-bond acceptors (Lipinski definition) is 4. The first-order valence-corrected chi connectivity index (χ1v) is 14.2. The Bertz CT molecular complexity index is 1620. The van der Waals surface area contributed by atoms with Gasteiger partial charge in [0, 0.05) is 12.1 Å². The van der Waals surface area contributed by atoms with E-state index in [4.69, 9.17) is 0 Å². The first kappa shape index (κ1) is 24.4. The Hall–Kier alpha value is -3.94. The van der Waals surface area contributed by atoms with Crippen LogP contribution in [-0.2, 0) is 23.0 Å². The summed E-state index contributed by atoms with van der Waals surface area (Å²) in [5.74, 6) is -0.156. The van der Waals surface area contributed by atoms with Crippen molar-refractivity contribution >= 4 is 21.6 Å². The summed E-state index contributed by atoms with van der Waals surface area (Å²) in [6.07, 6.45) is -0.0137. The number of nitrogens with zero attached hydrogens (tertiary/aromatic N) is 3. The molecule has 0 N–H and O–H groups in total. The highest BCUT2D eigenvalue weighted by molar-refractivity contribution is 7.92. The van der Waals surface area contributed by atoms with Crippen LogP contribution in [0, 0.1) is 13.8 Å². The molecule has 4 aromatic carbocycles. The topological polar surface area (TPSA) is 60.9 Å². The molecule has 0 aliphatic carbocycles. The summed E-state index contributed by atoms with van der Waals surface area (Å²) >= 11 is 0. The van der Waals surface area contributed by atoms with Gasteiger partial charge in [0.2, 0.25) is 0 Å². The molecular formula is C31H29N3O3S. The standard InChI is InChI=1S/C31H29N3O3S/c1-22-15-17-27(18-16-22)38(36,37)34-29-23(2)9-8-13-26(29)21-33(31(35)25-11-4-3-5-12-25)32-20-19-24-10-6-7-14-28(24)30(32)34/h3-18,30H,19-21H2,1-2H3. The number of aryl methyl sites for hydroxylation is 2. The highest BCUT2D eigenvalue weighted by Gasteiger charge is 2.46. The van der Waals surface area contributed by atoms with E-state index in [9.17, 15) is 13.2 Å². The van der Waals surface area contributed by atoms with Crippen LogP contribution in [0.3, 0.4) is 0 Å². The van der Waals surface area contributed by atoms with E-state index >= 15 is 0 Å². The number of carbonyl (C=O) groups excluding carboxylic acids is 1. The first-order chi connectivity index (χ1) is 18.4. The number of amides is 1. The summed E-state index contributed by atoms with van der Waals surface area (Å²) in [6, 6.07) is 29.9. The molecule has 0 saturated carbocycles. The van der Waals surface area contributed by atoms with Crippen LogP contribution in [0.1, 0.15) is 44.3 Å². The summed E-state index contributed by atoms with van der Waals surface area (Å²) in [7, 11) is -4.01. The van der Waals surface area contributed by atoms with Gasteiger partial charge >= 0.3 is 0 Å². The van der Waals surface area contributed by atoms with Gasteiger partial charge in [-0.3, -0.25) is 9.80 Å². The van der Waals surface area contributed by atoms with Gasteiger partial charge in [-0.1, -0.05) is 78.4 Å². The number of rotatable bonds is 3. The number of carbonyl (C=O) groups is 1. The van der Waals surface area contributed by atoms with E-state index in [1.54, 1.807) is 33.6 Å². The van der Waals surface area contributed by atoms with Gasteiger partial charge in [0.15, 0.2) is 0 Å². The zero-order chi connectivity index (χ0) is 26.4. The van der Waals surface area contributed by atoms with Crippen molar-refractivity contribution in [2.75, 3.05) is 10.8 Å². The second kappa shape index (κ2) is 9.42. The van der Waals surface area contributed by atoms with Crippen LogP contribution >= 0.6 is 0 Å². The van der Waals surface area contributed by atoms with Crippen LogP contribution in [0.15, 0.2) is 102 Å². The lowest BCUT2D eigenvalue weighted by Crippen LogP contribution is -2.54. The Kier molecular flexibility index (Phi) is 6.05. The number of hydrazine groups is 1. The van der Waals surface area contributed by atoms with E-state index in [2.05, 4.69) is 6.07 Å². The second-order valence-electron chi connectivity index (χ2n) is 9.91. The quantitative estimate of drug-likeness (QED) is 0.349. The third-order valence-corrected chi connectivity index (χ3v) is 9.22. The normalized spacial score (nSPS) is 17.3. The van der Waals surface area contributed by atoms with Gasteiger partial charge in [0.25, 0.3) is 15.9 Å². The predicted molar refractivity (Wildman–Crippen MR) is 148 cm³/mol. The van der Waals surface area contributed by atoms with Crippen LogP contribution in [0.4, 0.5) is 5.69 Å². The number of hydrogen-bond donors (Lipinski definition) is 0. The van der Waals surface area contributed by atoms with Gasteiger partial charge in [0.05, 0.1) is 17.1 Å². The summed E-state index contributed by atoms with van der Waals surface area (Å²) in [4.78, 5) is 14.2. The van der Waals surface area contributed by atoms with Gasteiger partial charge in [-0.05, 0) is 66.8 Å². The largest absolute Gasteiger partial charge is 0.268 e. The van der Waals surface area contributed by atoms with Crippen LogP contribution < -0.4 is 4.31 Å². The fraction of sp³-hybridized carbons (Fsp3) is 0.194. The molecule has 0 bridgehead atoms. The molecule has 192 valence electrons. The van der Waals surface area contributed by atoms with E-state index in [0.29, 0.717) is 24.2 Å². The molecule has 1 atom stereocenters. The molecule has 0 saturated heterocycles. The van der Waals surface area contributed by atoms with Gasteiger partial charge in [-0.25, -0.2) is 12.7 Å². The van der Waals surface area contributed by atoms with Gasteiger partial charge in [-0.15, -0.1) is 0 Å². The van der Waals surface area contributed by atoms with E-state index in [1.807, 2.05) is 85.6 Å². The molecule has 2 heterocycles. The van der Waals surface area contributed by atoms with Crippen LogP contribution in [0.2, 0.25) is 0 Å². The van der Waals surface area contributed by atoms with Crippen molar-refractivity contribution in [2.24, 2.45) is 0 Å². The molecule has 38 heavy (non-hydrogen) atoms. The average Bonchev–Trinajstić information content (AvgIpc) is 3.09. The highest BCUT2D eigenvalue weighted by atomic mass is 32.2. The molecule has 7 heteroatoms. The van der Waals surface area contributed by atoms with Crippen molar-refractivity contribution in [2.45, 2.75) is 37.9 Å².